The van der Waals surface area contributed by atoms with E-state index in [4.69, 9.17) is 4.74 Å². The van der Waals surface area contributed by atoms with Gasteiger partial charge in [0.05, 0.1) is 6.10 Å². The first kappa shape index (κ1) is 20.0. The van der Waals surface area contributed by atoms with E-state index in [1.807, 2.05) is 0 Å². The zero-order valence-corrected chi connectivity index (χ0v) is 16.4. The van der Waals surface area contributed by atoms with E-state index in [0.29, 0.717) is 12.3 Å². The Hall–Kier alpha value is -1.35. The first-order chi connectivity index (χ1) is 11.7. The number of carbonyl (C=O) groups excluding carboxylic acids is 1. The standard InChI is InChI=1S/C22H34O3/c1-13(2)8-7-9-14(3)19-12-20(25-17(6)23)16(5)18-11-10-15(4)21(18)22(19)24/h8,10,14,18-22,24H,5,7,9,11-12H2,1-4,6H3/t14-,18+,19+,20-,21-,22-/m1/s1. The van der Waals surface area contributed by atoms with Crippen LogP contribution in [0.5, 0.6) is 0 Å². The molecule has 0 spiro atoms. The van der Waals surface area contributed by atoms with Crippen LogP contribution < -0.4 is 0 Å². The molecule has 140 valence electrons. The number of ether oxygens (including phenoxy) is 1. The van der Waals surface area contributed by atoms with Gasteiger partial charge in [0.1, 0.15) is 6.10 Å². The van der Waals surface area contributed by atoms with Crippen LogP contribution in [-0.4, -0.2) is 23.3 Å². The van der Waals surface area contributed by atoms with Crippen LogP contribution in [-0.2, 0) is 9.53 Å². The van der Waals surface area contributed by atoms with Gasteiger partial charge in [-0.1, -0.05) is 36.8 Å². The monoisotopic (exact) mass is 346 g/mol. The lowest BCUT2D eigenvalue weighted by atomic mass is 9.76. The third kappa shape index (κ3) is 4.63. The molecule has 0 aromatic rings. The number of hydrogen-bond donors (Lipinski definition) is 1. The predicted octanol–water partition coefficient (Wildman–Crippen LogP) is 4.82. The molecule has 3 nitrogen and oxygen atoms in total. The summed E-state index contributed by atoms with van der Waals surface area (Å²) in [5.74, 6) is 0.516. The normalized spacial score (nSPS) is 33.1. The second-order valence-corrected chi connectivity index (χ2v) is 8.22. The Labute approximate surface area is 152 Å². The van der Waals surface area contributed by atoms with Crippen molar-refractivity contribution < 1.29 is 14.6 Å². The SMILES string of the molecule is C=C1[C@H](OC(C)=O)C[C@@H]([C@H](C)CCC=C(C)C)[C@@H](O)[C@@H]2C(C)=CC[C@@H]12. The van der Waals surface area contributed by atoms with E-state index in [1.54, 1.807) is 0 Å². The van der Waals surface area contributed by atoms with Crippen molar-refractivity contribution in [3.05, 3.63) is 35.5 Å². The highest BCUT2D eigenvalue weighted by atomic mass is 16.5. The Kier molecular flexibility index (Phi) is 6.67. The molecule has 0 heterocycles. The molecule has 0 aliphatic heterocycles. The minimum absolute atomic E-state index is 0.114. The third-order valence-electron chi connectivity index (χ3n) is 6.05. The molecule has 25 heavy (non-hydrogen) atoms. The summed E-state index contributed by atoms with van der Waals surface area (Å²) >= 11 is 0. The van der Waals surface area contributed by atoms with Crippen molar-refractivity contribution in [1.82, 2.24) is 0 Å². The molecule has 0 radical (unpaired) electrons. The number of allylic oxidation sites excluding steroid dienone is 3. The Morgan fingerprint density at radius 2 is 2.12 bits per heavy atom. The van der Waals surface area contributed by atoms with Gasteiger partial charge >= 0.3 is 5.97 Å². The van der Waals surface area contributed by atoms with E-state index >= 15 is 0 Å². The van der Waals surface area contributed by atoms with Crippen LogP contribution in [0.3, 0.4) is 0 Å². The van der Waals surface area contributed by atoms with Crippen molar-refractivity contribution in [3.8, 4) is 0 Å². The number of fused-ring (bicyclic) bond motifs is 1. The summed E-state index contributed by atoms with van der Waals surface area (Å²) in [6, 6.07) is 0. The van der Waals surface area contributed by atoms with Crippen molar-refractivity contribution in [3.63, 3.8) is 0 Å². The van der Waals surface area contributed by atoms with E-state index in [0.717, 1.165) is 24.8 Å². The Bertz CT molecular complexity index is 568. The Balaban J connectivity index is 2.23. The van der Waals surface area contributed by atoms with Gasteiger partial charge in [0.2, 0.25) is 0 Å². The lowest BCUT2D eigenvalue weighted by Crippen LogP contribution is -2.34. The average molecular weight is 347 g/mol. The highest BCUT2D eigenvalue weighted by Crippen LogP contribution is 2.48. The van der Waals surface area contributed by atoms with Crippen LogP contribution in [0.4, 0.5) is 0 Å². The van der Waals surface area contributed by atoms with Crippen LogP contribution >= 0.6 is 0 Å². The van der Waals surface area contributed by atoms with E-state index in [2.05, 4.69) is 46.4 Å². The number of aliphatic hydroxyl groups is 1. The maximum Gasteiger partial charge on any atom is 0.303 e. The molecule has 0 bridgehead atoms. The molecule has 0 aromatic heterocycles. The van der Waals surface area contributed by atoms with Crippen molar-refractivity contribution in [2.45, 2.75) is 72.5 Å². The quantitative estimate of drug-likeness (QED) is 0.573. The lowest BCUT2D eigenvalue weighted by Gasteiger charge is -2.32. The molecule has 1 saturated carbocycles. The number of esters is 1. The van der Waals surface area contributed by atoms with Gasteiger partial charge in [0, 0.05) is 12.8 Å². The molecule has 2 rings (SSSR count). The van der Waals surface area contributed by atoms with Crippen LogP contribution in [0.2, 0.25) is 0 Å². The zero-order valence-electron chi connectivity index (χ0n) is 16.4. The van der Waals surface area contributed by atoms with Gasteiger partial charge in [-0.05, 0) is 69.8 Å². The largest absolute Gasteiger partial charge is 0.458 e. The fraction of sp³-hybridized carbons (Fsp3) is 0.682. The van der Waals surface area contributed by atoms with Crippen LogP contribution in [0.25, 0.3) is 0 Å². The molecule has 0 amide bonds. The van der Waals surface area contributed by atoms with Gasteiger partial charge in [-0.3, -0.25) is 4.79 Å². The van der Waals surface area contributed by atoms with Crippen LogP contribution in [0.1, 0.15) is 60.3 Å². The predicted molar refractivity (Wildman–Crippen MR) is 102 cm³/mol. The first-order valence-corrected chi connectivity index (χ1v) is 9.56. The first-order valence-electron chi connectivity index (χ1n) is 9.56. The third-order valence-corrected chi connectivity index (χ3v) is 6.05. The molecule has 6 atom stereocenters. The highest BCUT2D eigenvalue weighted by molar-refractivity contribution is 5.66. The van der Waals surface area contributed by atoms with Crippen LogP contribution in [0, 0.1) is 23.7 Å². The molecule has 2 aliphatic rings. The van der Waals surface area contributed by atoms with Crippen molar-refractivity contribution in [1.29, 1.82) is 0 Å². The van der Waals surface area contributed by atoms with E-state index in [-0.39, 0.29) is 29.8 Å². The summed E-state index contributed by atoms with van der Waals surface area (Å²) in [5.41, 5.74) is 3.56. The van der Waals surface area contributed by atoms with Gasteiger partial charge in [0.25, 0.3) is 0 Å². The van der Waals surface area contributed by atoms with Gasteiger partial charge in [-0.25, -0.2) is 0 Å². The topological polar surface area (TPSA) is 46.5 Å². The summed E-state index contributed by atoms with van der Waals surface area (Å²) in [7, 11) is 0. The summed E-state index contributed by atoms with van der Waals surface area (Å²) < 4.78 is 5.61. The highest BCUT2D eigenvalue weighted by Gasteiger charge is 2.46. The Morgan fingerprint density at radius 1 is 1.44 bits per heavy atom. The second kappa shape index (κ2) is 8.35. The lowest BCUT2D eigenvalue weighted by molar-refractivity contribution is -0.145. The molecular weight excluding hydrogens is 312 g/mol. The average Bonchev–Trinajstić information content (AvgIpc) is 2.86. The molecule has 0 aromatic carbocycles. The fourth-order valence-electron chi connectivity index (χ4n) is 4.59. The summed E-state index contributed by atoms with van der Waals surface area (Å²) in [6.45, 7) is 14.3. The smallest absolute Gasteiger partial charge is 0.303 e. The van der Waals surface area contributed by atoms with Gasteiger partial charge in [0.15, 0.2) is 0 Å². The zero-order chi connectivity index (χ0) is 18.7. The van der Waals surface area contributed by atoms with E-state index in [9.17, 15) is 9.90 Å². The van der Waals surface area contributed by atoms with E-state index < -0.39 is 6.10 Å². The molecule has 2 aliphatic carbocycles. The van der Waals surface area contributed by atoms with Gasteiger partial charge in [-0.2, -0.15) is 0 Å². The Morgan fingerprint density at radius 3 is 2.72 bits per heavy atom. The molecule has 1 N–H and O–H groups in total. The second-order valence-electron chi connectivity index (χ2n) is 8.22. The molecule has 0 saturated heterocycles. The van der Waals surface area contributed by atoms with Gasteiger partial charge < -0.3 is 9.84 Å². The number of hydrogen-bond acceptors (Lipinski definition) is 3. The molecule has 0 unspecified atom stereocenters. The number of aliphatic hydroxyl groups excluding tert-OH is 1. The minimum atomic E-state index is -0.400. The van der Waals surface area contributed by atoms with Crippen molar-refractivity contribution >= 4 is 5.97 Å². The molecule has 3 heteroatoms. The van der Waals surface area contributed by atoms with Crippen molar-refractivity contribution in [2.75, 3.05) is 0 Å². The van der Waals surface area contributed by atoms with Gasteiger partial charge in [-0.15, -0.1) is 0 Å². The van der Waals surface area contributed by atoms with Crippen molar-refractivity contribution in [2.24, 2.45) is 23.7 Å². The minimum Gasteiger partial charge on any atom is -0.458 e. The maximum atomic E-state index is 11.6. The number of rotatable bonds is 5. The number of carbonyl (C=O) groups is 1. The summed E-state index contributed by atoms with van der Waals surface area (Å²) in [4.78, 5) is 11.6. The maximum absolute atomic E-state index is 11.6. The fourth-order valence-corrected chi connectivity index (χ4v) is 4.59. The summed E-state index contributed by atoms with van der Waals surface area (Å²) in [6.07, 6.45) is 7.41. The van der Waals surface area contributed by atoms with Crippen LogP contribution in [0.15, 0.2) is 35.5 Å². The molecular formula is C22H34O3. The summed E-state index contributed by atoms with van der Waals surface area (Å²) in [5, 5.41) is 11.2. The molecule has 1 fully saturated rings. The van der Waals surface area contributed by atoms with E-state index in [1.165, 1.54) is 18.1 Å².